The molecule has 0 bridgehead atoms. The van der Waals surface area contributed by atoms with E-state index in [1.54, 1.807) is 0 Å². The number of hydrogen-bond donors (Lipinski definition) is 2. The van der Waals surface area contributed by atoms with Gasteiger partial charge in [0.05, 0.1) is 6.10 Å². The maximum atomic E-state index is 9.10. The van der Waals surface area contributed by atoms with Crippen molar-refractivity contribution in [2.75, 3.05) is 13.1 Å². The van der Waals surface area contributed by atoms with Gasteiger partial charge in [0, 0.05) is 13.1 Å². The van der Waals surface area contributed by atoms with Gasteiger partial charge in [0.15, 0.2) is 0 Å². The summed E-state index contributed by atoms with van der Waals surface area (Å²) in [5.74, 6) is 0. The zero-order valence-electron chi connectivity index (χ0n) is 10.3. The van der Waals surface area contributed by atoms with Crippen molar-refractivity contribution >= 4 is 0 Å². The van der Waals surface area contributed by atoms with Crippen molar-refractivity contribution in [3.63, 3.8) is 0 Å². The Hall–Kier alpha value is -0.0800. The molecule has 0 radical (unpaired) electrons. The lowest BCUT2D eigenvalue weighted by Crippen LogP contribution is -2.33. The highest BCUT2D eigenvalue weighted by Crippen LogP contribution is 2.22. The van der Waals surface area contributed by atoms with Crippen molar-refractivity contribution in [3.8, 4) is 0 Å². The Labute approximate surface area is 89.1 Å². The molecular formula is C12H27NO. The summed E-state index contributed by atoms with van der Waals surface area (Å²) in [4.78, 5) is 0. The van der Waals surface area contributed by atoms with Gasteiger partial charge in [-0.25, -0.2) is 0 Å². The second-order valence-corrected chi connectivity index (χ2v) is 5.10. The van der Waals surface area contributed by atoms with Crippen LogP contribution in [0.4, 0.5) is 0 Å². The first-order valence-electron chi connectivity index (χ1n) is 5.87. The van der Waals surface area contributed by atoms with E-state index in [0.29, 0.717) is 12.0 Å². The van der Waals surface area contributed by atoms with Crippen LogP contribution < -0.4 is 5.32 Å². The Bertz CT molecular complexity index is 132. The number of aliphatic hydroxyl groups excluding tert-OH is 1. The van der Waals surface area contributed by atoms with Gasteiger partial charge in [-0.3, -0.25) is 0 Å². The van der Waals surface area contributed by atoms with E-state index in [1.807, 2.05) is 6.92 Å². The van der Waals surface area contributed by atoms with Crippen LogP contribution in [-0.4, -0.2) is 24.3 Å². The molecule has 0 aromatic rings. The summed E-state index contributed by atoms with van der Waals surface area (Å²) in [5.41, 5.74) is 0.365. The molecule has 0 rings (SSSR count). The number of hydrogen-bond acceptors (Lipinski definition) is 2. The van der Waals surface area contributed by atoms with Gasteiger partial charge in [0.1, 0.15) is 0 Å². The molecular weight excluding hydrogens is 174 g/mol. The molecule has 86 valence electrons. The minimum absolute atomic E-state index is 0.235. The highest BCUT2D eigenvalue weighted by atomic mass is 16.3. The van der Waals surface area contributed by atoms with E-state index >= 15 is 0 Å². The molecule has 0 saturated carbocycles. The Balaban J connectivity index is 3.50. The van der Waals surface area contributed by atoms with Crippen molar-refractivity contribution in [2.45, 2.75) is 59.5 Å². The number of unbranched alkanes of at least 4 members (excludes halogenated alkanes) is 2. The molecule has 0 heterocycles. The molecule has 0 spiro atoms. The molecule has 2 nitrogen and oxygen atoms in total. The summed E-state index contributed by atoms with van der Waals surface area (Å²) in [5, 5.41) is 12.4. The standard InChI is InChI=1S/C12H27NO/c1-5-6-7-8-12(3,4)10-13-9-11(2)14/h11,13-14H,5-10H2,1-4H3. The zero-order valence-corrected chi connectivity index (χ0v) is 10.3. The summed E-state index contributed by atoms with van der Waals surface area (Å²) in [7, 11) is 0. The van der Waals surface area contributed by atoms with Gasteiger partial charge in [0.2, 0.25) is 0 Å². The van der Waals surface area contributed by atoms with Crippen molar-refractivity contribution < 1.29 is 5.11 Å². The first-order chi connectivity index (χ1) is 6.48. The molecule has 14 heavy (non-hydrogen) atoms. The van der Waals surface area contributed by atoms with Gasteiger partial charge in [-0.05, 0) is 18.8 Å². The van der Waals surface area contributed by atoms with Gasteiger partial charge in [0.25, 0.3) is 0 Å². The van der Waals surface area contributed by atoms with E-state index < -0.39 is 0 Å². The summed E-state index contributed by atoms with van der Waals surface area (Å²) in [6.45, 7) is 10.3. The van der Waals surface area contributed by atoms with Crippen LogP contribution in [0.5, 0.6) is 0 Å². The van der Waals surface area contributed by atoms with Gasteiger partial charge >= 0.3 is 0 Å². The lowest BCUT2D eigenvalue weighted by atomic mass is 9.87. The van der Waals surface area contributed by atoms with Crippen LogP contribution >= 0.6 is 0 Å². The van der Waals surface area contributed by atoms with Crippen LogP contribution in [0, 0.1) is 5.41 Å². The van der Waals surface area contributed by atoms with Crippen LogP contribution in [0.25, 0.3) is 0 Å². The smallest absolute Gasteiger partial charge is 0.0636 e. The van der Waals surface area contributed by atoms with E-state index in [1.165, 1.54) is 25.7 Å². The third-order valence-corrected chi connectivity index (χ3v) is 2.50. The molecule has 1 atom stereocenters. The zero-order chi connectivity index (χ0) is 11.0. The second-order valence-electron chi connectivity index (χ2n) is 5.10. The van der Waals surface area contributed by atoms with E-state index in [0.717, 1.165) is 6.54 Å². The Morgan fingerprint density at radius 3 is 2.43 bits per heavy atom. The third-order valence-electron chi connectivity index (χ3n) is 2.50. The molecule has 0 amide bonds. The topological polar surface area (TPSA) is 32.3 Å². The maximum absolute atomic E-state index is 9.10. The molecule has 0 saturated heterocycles. The second kappa shape index (κ2) is 7.24. The van der Waals surface area contributed by atoms with E-state index in [9.17, 15) is 0 Å². The molecule has 2 N–H and O–H groups in total. The van der Waals surface area contributed by atoms with E-state index in [2.05, 4.69) is 26.1 Å². The summed E-state index contributed by atoms with van der Waals surface area (Å²) >= 11 is 0. The van der Waals surface area contributed by atoms with Crippen molar-refractivity contribution in [1.29, 1.82) is 0 Å². The summed E-state index contributed by atoms with van der Waals surface area (Å²) < 4.78 is 0. The first kappa shape index (κ1) is 13.9. The fraction of sp³-hybridized carbons (Fsp3) is 1.00. The van der Waals surface area contributed by atoms with Crippen LogP contribution in [0.15, 0.2) is 0 Å². The number of rotatable bonds is 8. The molecule has 0 aliphatic heterocycles. The van der Waals surface area contributed by atoms with E-state index in [4.69, 9.17) is 5.11 Å². The predicted molar refractivity (Wildman–Crippen MR) is 62.5 cm³/mol. The number of aliphatic hydroxyl groups is 1. The molecule has 0 aromatic carbocycles. The number of nitrogens with one attached hydrogen (secondary N) is 1. The van der Waals surface area contributed by atoms with Crippen LogP contribution in [0.2, 0.25) is 0 Å². The molecule has 0 aliphatic carbocycles. The molecule has 0 fully saturated rings. The predicted octanol–water partition coefficient (Wildman–Crippen LogP) is 2.56. The average Bonchev–Trinajstić information content (AvgIpc) is 2.03. The Kier molecular flexibility index (Phi) is 7.20. The fourth-order valence-corrected chi connectivity index (χ4v) is 1.56. The Morgan fingerprint density at radius 1 is 1.29 bits per heavy atom. The summed E-state index contributed by atoms with van der Waals surface area (Å²) in [6.07, 6.45) is 4.98. The van der Waals surface area contributed by atoms with Crippen molar-refractivity contribution in [2.24, 2.45) is 5.41 Å². The monoisotopic (exact) mass is 201 g/mol. The third kappa shape index (κ3) is 8.52. The summed E-state index contributed by atoms with van der Waals surface area (Å²) in [6, 6.07) is 0. The van der Waals surface area contributed by atoms with Gasteiger partial charge in [-0.2, -0.15) is 0 Å². The highest BCUT2D eigenvalue weighted by molar-refractivity contribution is 4.72. The van der Waals surface area contributed by atoms with Crippen LogP contribution in [-0.2, 0) is 0 Å². The SMILES string of the molecule is CCCCCC(C)(C)CNCC(C)O. The van der Waals surface area contributed by atoms with E-state index in [-0.39, 0.29) is 6.10 Å². The first-order valence-corrected chi connectivity index (χ1v) is 5.87. The normalized spacial score (nSPS) is 14.4. The average molecular weight is 201 g/mol. The van der Waals surface area contributed by atoms with Crippen molar-refractivity contribution in [1.82, 2.24) is 5.32 Å². The molecule has 1 unspecified atom stereocenters. The van der Waals surface area contributed by atoms with Crippen molar-refractivity contribution in [3.05, 3.63) is 0 Å². The quantitative estimate of drug-likeness (QED) is 0.592. The molecule has 0 aliphatic rings. The van der Waals surface area contributed by atoms with Crippen LogP contribution in [0.1, 0.15) is 53.4 Å². The minimum atomic E-state index is -0.235. The fourth-order valence-electron chi connectivity index (χ4n) is 1.56. The van der Waals surface area contributed by atoms with Crippen LogP contribution in [0.3, 0.4) is 0 Å². The largest absolute Gasteiger partial charge is 0.392 e. The maximum Gasteiger partial charge on any atom is 0.0636 e. The lowest BCUT2D eigenvalue weighted by Gasteiger charge is -2.25. The van der Waals surface area contributed by atoms with Gasteiger partial charge in [-0.15, -0.1) is 0 Å². The van der Waals surface area contributed by atoms with Gasteiger partial charge in [-0.1, -0.05) is 40.0 Å². The minimum Gasteiger partial charge on any atom is -0.392 e. The molecule has 0 aromatic heterocycles. The molecule has 2 heteroatoms. The Morgan fingerprint density at radius 2 is 1.93 bits per heavy atom. The highest BCUT2D eigenvalue weighted by Gasteiger charge is 2.16. The lowest BCUT2D eigenvalue weighted by molar-refractivity contribution is 0.182. The van der Waals surface area contributed by atoms with Gasteiger partial charge < -0.3 is 10.4 Å².